The van der Waals surface area contributed by atoms with Crippen LogP contribution in [0.5, 0.6) is 11.5 Å². The quantitative estimate of drug-likeness (QED) is 0.445. The van der Waals surface area contributed by atoms with Gasteiger partial charge in [-0.1, -0.05) is 6.92 Å². The number of carbonyl (C=O) groups is 1. The predicted octanol–water partition coefficient (Wildman–Crippen LogP) is 3.28. The standard InChI is InChI=1S/C25H24N2O6/c1-4-25(33-13(2)3)17-9-19-22-15(11-27(19)23(28)16(17)12-32-24(25)29)7-14-8-20-21(10-18(14)26-22)31-6-5-30-20/h7-10,13H,4-6,11-12H2,1-3H3/t25-/m0/s1. The van der Waals surface area contributed by atoms with Crippen LogP contribution in [0.1, 0.15) is 43.9 Å². The van der Waals surface area contributed by atoms with Crippen LogP contribution in [0.3, 0.4) is 0 Å². The van der Waals surface area contributed by atoms with Crippen molar-refractivity contribution in [3.63, 3.8) is 0 Å². The Morgan fingerprint density at radius 2 is 1.85 bits per heavy atom. The second kappa shape index (κ2) is 7.05. The number of ether oxygens (including phenoxy) is 4. The van der Waals surface area contributed by atoms with Crippen molar-refractivity contribution in [1.29, 1.82) is 0 Å². The molecule has 3 aliphatic rings. The molecule has 0 saturated carbocycles. The molecule has 8 heteroatoms. The molecule has 0 amide bonds. The van der Waals surface area contributed by atoms with Gasteiger partial charge in [0.2, 0.25) is 0 Å². The minimum Gasteiger partial charge on any atom is -0.486 e. The van der Waals surface area contributed by atoms with Crippen LogP contribution in [0.25, 0.3) is 22.3 Å². The van der Waals surface area contributed by atoms with Gasteiger partial charge in [0, 0.05) is 22.6 Å². The molecule has 0 N–H and O–H groups in total. The highest BCUT2D eigenvalue weighted by Gasteiger charge is 2.48. The minimum atomic E-state index is -1.31. The summed E-state index contributed by atoms with van der Waals surface area (Å²) in [6.07, 6.45) is 0.142. The average molecular weight is 448 g/mol. The molecule has 1 aromatic carbocycles. The summed E-state index contributed by atoms with van der Waals surface area (Å²) in [5.74, 6) is 0.914. The summed E-state index contributed by atoms with van der Waals surface area (Å²) in [5.41, 5.74) is 2.69. The maximum Gasteiger partial charge on any atom is 0.343 e. The topological polar surface area (TPSA) is 88.9 Å². The SMILES string of the molecule is CC[C@@]1(OC(C)C)C(=O)OCc2c1cc1n(c2=O)Cc2cc3cc4c(cc3nc2-1)OCCO4. The number of carbonyl (C=O) groups excluding carboxylic acids is 1. The Morgan fingerprint density at radius 1 is 1.09 bits per heavy atom. The third-order valence-corrected chi connectivity index (χ3v) is 6.58. The third-order valence-electron chi connectivity index (χ3n) is 6.58. The zero-order valence-corrected chi connectivity index (χ0v) is 18.8. The van der Waals surface area contributed by atoms with E-state index in [0.29, 0.717) is 54.5 Å². The van der Waals surface area contributed by atoms with Crippen LogP contribution in [0.4, 0.5) is 0 Å². The summed E-state index contributed by atoms with van der Waals surface area (Å²) in [7, 11) is 0. The number of rotatable bonds is 3. The van der Waals surface area contributed by atoms with Gasteiger partial charge in [-0.25, -0.2) is 9.78 Å². The fourth-order valence-corrected chi connectivity index (χ4v) is 5.11. The molecule has 170 valence electrons. The van der Waals surface area contributed by atoms with Crippen LogP contribution in [0.15, 0.2) is 29.1 Å². The van der Waals surface area contributed by atoms with Gasteiger partial charge in [-0.15, -0.1) is 0 Å². The lowest BCUT2D eigenvalue weighted by Crippen LogP contribution is -2.47. The van der Waals surface area contributed by atoms with Crippen LogP contribution < -0.4 is 15.0 Å². The molecule has 2 aromatic heterocycles. The predicted molar refractivity (Wildman–Crippen MR) is 120 cm³/mol. The first-order chi connectivity index (χ1) is 15.9. The molecule has 3 aliphatic heterocycles. The first-order valence-electron chi connectivity index (χ1n) is 11.3. The molecular weight excluding hydrogens is 424 g/mol. The first kappa shape index (κ1) is 20.2. The van der Waals surface area contributed by atoms with Crippen molar-refractivity contribution in [3.8, 4) is 22.9 Å². The smallest absolute Gasteiger partial charge is 0.343 e. The van der Waals surface area contributed by atoms with Crippen LogP contribution >= 0.6 is 0 Å². The second-order valence-corrected chi connectivity index (χ2v) is 8.92. The molecule has 0 aliphatic carbocycles. The number of pyridine rings is 2. The van der Waals surface area contributed by atoms with Gasteiger partial charge in [0.05, 0.1) is 35.1 Å². The van der Waals surface area contributed by atoms with Crippen molar-refractivity contribution in [2.24, 2.45) is 0 Å². The van der Waals surface area contributed by atoms with E-state index >= 15 is 0 Å². The van der Waals surface area contributed by atoms with Gasteiger partial charge in [0.1, 0.15) is 19.8 Å². The number of aromatic nitrogens is 2. The minimum absolute atomic E-state index is 0.0520. The number of fused-ring (bicyclic) bond motifs is 6. The summed E-state index contributed by atoms with van der Waals surface area (Å²) in [5, 5.41) is 0.924. The molecule has 0 unspecified atom stereocenters. The van der Waals surface area contributed by atoms with Crippen molar-refractivity contribution in [1.82, 2.24) is 9.55 Å². The van der Waals surface area contributed by atoms with E-state index in [2.05, 4.69) is 0 Å². The van der Waals surface area contributed by atoms with E-state index in [1.54, 1.807) is 4.57 Å². The largest absolute Gasteiger partial charge is 0.486 e. The molecule has 6 rings (SSSR count). The molecule has 0 saturated heterocycles. The number of benzene rings is 1. The average Bonchev–Trinajstić information content (AvgIpc) is 3.15. The Kier molecular flexibility index (Phi) is 4.32. The monoisotopic (exact) mass is 448 g/mol. The Bertz CT molecular complexity index is 1390. The van der Waals surface area contributed by atoms with E-state index in [-0.39, 0.29) is 18.3 Å². The Balaban J connectivity index is 1.57. The molecule has 3 aromatic rings. The normalized spacial score (nSPS) is 20.4. The van der Waals surface area contributed by atoms with Gasteiger partial charge >= 0.3 is 5.97 Å². The van der Waals surface area contributed by atoms with Crippen LogP contribution in [0, 0.1) is 0 Å². The molecule has 0 bridgehead atoms. The van der Waals surface area contributed by atoms with E-state index < -0.39 is 11.6 Å². The van der Waals surface area contributed by atoms with Crippen LogP contribution in [-0.4, -0.2) is 34.8 Å². The van der Waals surface area contributed by atoms with Crippen molar-refractivity contribution < 1.29 is 23.7 Å². The van der Waals surface area contributed by atoms with Crippen molar-refractivity contribution in [3.05, 3.63) is 51.3 Å². The summed E-state index contributed by atoms with van der Waals surface area (Å²) in [6, 6.07) is 7.74. The third kappa shape index (κ3) is 2.83. The Morgan fingerprint density at radius 3 is 2.58 bits per heavy atom. The number of cyclic esters (lactones) is 1. The lowest BCUT2D eigenvalue weighted by atomic mass is 9.85. The Labute approximate surface area is 190 Å². The number of hydrogen-bond donors (Lipinski definition) is 0. The fourth-order valence-electron chi connectivity index (χ4n) is 5.11. The van der Waals surface area contributed by atoms with Crippen molar-refractivity contribution >= 4 is 16.9 Å². The van der Waals surface area contributed by atoms with E-state index in [1.807, 2.05) is 45.0 Å². The van der Waals surface area contributed by atoms with E-state index in [9.17, 15) is 9.59 Å². The molecular formula is C25H24N2O6. The lowest BCUT2D eigenvalue weighted by Gasteiger charge is -2.37. The van der Waals surface area contributed by atoms with Crippen molar-refractivity contribution in [2.45, 2.75) is 52.0 Å². The zero-order chi connectivity index (χ0) is 22.9. The molecule has 33 heavy (non-hydrogen) atoms. The highest BCUT2D eigenvalue weighted by molar-refractivity contribution is 5.88. The maximum absolute atomic E-state index is 13.5. The summed E-state index contributed by atoms with van der Waals surface area (Å²) in [6.45, 7) is 6.98. The number of hydrogen-bond acceptors (Lipinski definition) is 7. The van der Waals surface area contributed by atoms with E-state index in [0.717, 1.165) is 22.2 Å². The highest BCUT2D eigenvalue weighted by Crippen LogP contribution is 2.42. The van der Waals surface area contributed by atoms with Crippen molar-refractivity contribution in [2.75, 3.05) is 13.2 Å². The van der Waals surface area contributed by atoms with Gasteiger partial charge < -0.3 is 23.5 Å². The lowest BCUT2D eigenvalue weighted by molar-refractivity contribution is -0.187. The molecule has 0 fully saturated rings. The van der Waals surface area contributed by atoms with Crippen LogP contribution in [-0.2, 0) is 33.0 Å². The van der Waals surface area contributed by atoms with Gasteiger partial charge in [-0.05, 0) is 38.5 Å². The van der Waals surface area contributed by atoms with Gasteiger partial charge in [-0.2, -0.15) is 0 Å². The number of nitrogens with zero attached hydrogens (tertiary/aromatic N) is 2. The van der Waals surface area contributed by atoms with E-state index in [4.69, 9.17) is 23.9 Å². The second-order valence-electron chi connectivity index (χ2n) is 8.92. The fraction of sp³-hybridized carbons (Fsp3) is 0.400. The molecule has 0 spiro atoms. The first-order valence-corrected chi connectivity index (χ1v) is 11.3. The Hall–Kier alpha value is -3.39. The zero-order valence-electron chi connectivity index (χ0n) is 18.8. The maximum atomic E-state index is 13.5. The van der Waals surface area contributed by atoms with Gasteiger partial charge in [-0.3, -0.25) is 4.79 Å². The van der Waals surface area contributed by atoms with Gasteiger partial charge in [0.15, 0.2) is 17.1 Å². The highest BCUT2D eigenvalue weighted by atomic mass is 16.6. The molecule has 0 radical (unpaired) electrons. The molecule has 5 heterocycles. The summed E-state index contributed by atoms with van der Waals surface area (Å²) < 4.78 is 24.7. The van der Waals surface area contributed by atoms with Gasteiger partial charge in [0.25, 0.3) is 5.56 Å². The molecule has 8 nitrogen and oxygen atoms in total. The van der Waals surface area contributed by atoms with Crippen LogP contribution in [0.2, 0.25) is 0 Å². The number of esters is 1. The summed E-state index contributed by atoms with van der Waals surface area (Å²) in [4.78, 5) is 31.3. The molecule has 1 atom stereocenters. The van der Waals surface area contributed by atoms with E-state index in [1.165, 1.54) is 0 Å². The summed E-state index contributed by atoms with van der Waals surface area (Å²) >= 11 is 0.